The Balaban J connectivity index is 1.68. The van der Waals surface area contributed by atoms with Crippen LogP contribution in [0.3, 0.4) is 0 Å². The summed E-state index contributed by atoms with van der Waals surface area (Å²) >= 11 is 0. The molecule has 2 aromatic rings. The van der Waals surface area contributed by atoms with Gasteiger partial charge in [-0.1, -0.05) is 103 Å². The summed E-state index contributed by atoms with van der Waals surface area (Å²) in [7, 11) is 0. The van der Waals surface area contributed by atoms with Crippen molar-refractivity contribution in [3.63, 3.8) is 0 Å². The molecule has 1 atom stereocenters. The molecule has 1 nitrogen and oxygen atoms in total. The van der Waals surface area contributed by atoms with Crippen molar-refractivity contribution in [2.24, 2.45) is 11.8 Å². The number of halogens is 1. The largest absolute Gasteiger partial charge is 0.490 e. The highest BCUT2D eigenvalue weighted by Crippen LogP contribution is 2.36. The fraction of sp³-hybridized carbons (Fsp3) is 0.636. The quantitative estimate of drug-likeness (QED) is 0.230. The Morgan fingerprint density at radius 2 is 1.49 bits per heavy atom. The summed E-state index contributed by atoms with van der Waals surface area (Å²) in [6.07, 6.45) is 19.0. The van der Waals surface area contributed by atoms with Crippen LogP contribution >= 0.6 is 0 Å². The van der Waals surface area contributed by atoms with Gasteiger partial charge in [0.15, 0.2) is 0 Å². The fourth-order valence-corrected chi connectivity index (χ4v) is 6.00. The van der Waals surface area contributed by atoms with Crippen LogP contribution in [-0.2, 0) is 6.42 Å². The average molecular weight is 481 g/mol. The molecule has 2 aromatic carbocycles. The molecule has 0 saturated heterocycles. The van der Waals surface area contributed by atoms with Crippen LogP contribution in [0, 0.1) is 17.7 Å². The van der Waals surface area contributed by atoms with Crippen molar-refractivity contribution in [2.75, 3.05) is 0 Å². The maximum absolute atomic E-state index is 15.3. The predicted molar refractivity (Wildman–Crippen MR) is 149 cm³/mol. The molecule has 1 aliphatic carbocycles. The summed E-state index contributed by atoms with van der Waals surface area (Å²) in [6.45, 7) is 6.79. The van der Waals surface area contributed by atoms with Gasteiger partial charge >= 0.3 is 0 Å². The van der Waals surface area contributed by atoms with Crippen molar-refractivity contribution in [2.45, 2.75) is 123 Å². The molecular weight excluding hydrogens is 431 g/mol. The number of hydrogen-bond donors (Lipinski definition) is 0. The average Bonchev–Trinajstić information content (AvgIpc) is 2.88. The Bertz CT molecular complexity index is 831. The minimum atomic E-state index is -0.181. The normalized spacial score (nSPS) is 15.5. The number of aryl methyl sites for hydroxylation is 1. The van der Waals surface area contributed by atoms with Crippen LogP contribution in [0.25, 0.3) is 11.1 Å². The maximum atomic E-state index is 15.3. The van der Waals surface area contributed by atoms with E-state index in [-0.39, 0.29) is 11.9 Å². The summed E-state index contributed by atoms with van der Waals surface area (Å²) in [4.78, 5) is 0. The van der Waals surface area contributed by atoms with Gasteiger partial charge < -0.3 is 4.74 Å². The number of rotatable bonds is 15. The summed E-state index contributed by atoms with van der Waals surface area (Å²) in [5, 5.41) is 0. The van der Waals surface area contributed by atoms with Gasteiger partial charge in [0, 0.05) is 11.6 Å². The van der Waals surface area contributed by atoms with Crippen LogP contribution in [0.15, 0.2) is 42.5 Å². The summed E-state index contributed by atoms with van der Waals surface area (Å²) in [6, 6.07) is 14.0. The topological polar surface area (TPSA) is 9.23 Å². The smallest absolute Gasteiger partial charge is 0.134 e. The molecule has 1 aliphatic rings. The Morgan fingerprint density at radius 3 is 2.11 bits per heavy atom. The van der Waals surface area contributed by atoms with E-state index in [1.807, 2.05) is 12.1 Å². The van der Waals surface area contributed by atoms with Crippen LogP contribution < -0.4 is 4.74 Å². The van der Waals surface area contributed by atoms with E-state index in [0.717, 1.165) is 12.0 Å². The van der Waals surface area contributed by atoms with Crippen LogP contribution in [0.1, 0.15) is 116 Å². The predicted octanol–water partition coefficient (Wildman–Crippen LogP) is 10.5. The molecule has 0 aromatic heterocycles. The summed E-state index contributed by atoms with van der Waals surface area (Å²) in [5.74, 6) is 1.68. The van der Waals surface area contributed by atoms with Gasteiger partial charge in [-0.05, 0) is 73.6 Å². The lowest BCUT2D eigenvalue weighted by Crippen LogP contribution is -2.36. The molecule has 0 radical (unpaired) electrons. The minimum Gasteiger partial charge on any atom is -0.490 e. The van der Waals surface area contributed by atoms with Gasteiger partial charge in [0.1, 0.15) is 17.7 Å². The first kappa shape index (κ1) is 27.8. The molecule has 0 bridgehead atoms. The number of unbranched alkanes of at least 4 members (excludes halogenated alkanes) is 4. The first-order valence-electron chi connectivity index (χ1n) is 14.7. The lowest BCUT2D eigenvalue weighted by molar-refractivity contribution is 0.0466. The first-order valence-corrected chi connectivity index (χ1v) is 14.7. The minimum absolute atomic E-state index is 0.181. The molecular formula is C33H49FO. The van der Waals surface area contributed by atoms with E-state index in [0.29, 0.717) is 23.1 Å². The third-order valence-corrected chi connectivity index (χ3v) is 7.94. The van der Waals surface area contributed by atoms with Gasteiger partial charge in [0.05, 0.1) is 0 Å². The SMILES string of the molecule is CCCCCCCc1ccc(-c2ccc(OC(C(CCC)CCC)C3CCCCC3)cc2F)cc1. The second-order valence-electron chi connectivity index (χ2n) is 10.8. The molecule has 0 aliphatic heterocycles. The standard InChI is InChI=1S/C33H49FO/c1-4-7-8-9-11-16-26-19-21-27(22-20-26)31-24-23-30(25-32(31)34)35-33(28(14-5-2)15-6-3)29-17-12-10-13-18-29/h19-25,28-29,33H,4-18H2,1-3H3. The summed E-state index contributed by atoms with van der Waals surface area (Å²) < 4.78 is 21.9. The van der Waals surface area contributed by atoms with E-state index in [4.69, 9.17) is 4.74 Å². The van der Waals surface area contributed by atoms with Crippen molar-refractivity contribution in [3.8, 4) is 16.9 Å². The van der Waals surface area contributed by atoms with Crippen LogP contribution in [0.4, 0.5) is 4.39 Å². The zero-order valence-corrected chi connectivity index (χ0v) is 22.7. The van der Waals surface area contributed by atoms with Crippen molar-refractivity contribution < 1.29 is 9.13 Å². The second-order valence-corrected chi connectivity index (χ2v) is 10.8. The van der Waals surface area contributed by atoms with E-state index in [1.165, 1.54) is 95.5 Å². The zero-order valence-electron chi connectivity index (χ0n) is 22.7. The Labute approximate surface area is 214 Å². The molecule has 0 N–H and O–H groups in total. The molecule has 2 heteroatoms. The lowest BCUT2D eigenvalue weighted by atomic mass is 9.77. The van der Waals surface area contributed by atoms with Gasteiger partial charge in [-0.15, -0.1) is 0 Å². The molecule has 0 heterocycles. The van der Waals surface area contributed by atoms with Crippen LogP contribution in [0.2, 0.25) is 0 Å². The molecule has 194 valence electrons. The highest BCUT2D eigenvalue weighted by atomic mass is 19.1. The van der Waals surface area contributed by atoms with E-state index >= 15 is 4.39 Å². The molecule has 0 amide bonds. The fourth-order valence-electron chi connectivity index (χ4n) is 6.00. The van der Waals surface area contributed by atoms with Crippen molar-refractivity contribution in [1.29, 1.82) is 0 Å². The third-order valence-electron chi connectivity index (χ3n) is 7.94. The Kier molecular flexibility index (Phi) is 12.1. The van der Waals surface area contributed by atoms with Gasteiger partial charge in [0.25, 0.3) is 0 Å². The highest BCUT2D eigenvalue weighted by molar-refractivity contribution is 5.65. The highest BCUT2D eigenvalue weighted by Gasteiger charge is 2.31. The number of ether oxygens (including phenoxy) is 1. The van der Waals surface area contributed by atoms with Crippen molar-refractivity contribution >= 4 is 0 Å². The lowest BCUT2D eigenvalue weighted by Gasteiger charge is -2.36. The molecule has 1 fully saturated rings. The van der Waals surface area contributed by atoms with Crippen molar-refractivity contribution in [3.05, 3.63) is 53.8 Å². The zero-order chi connectivity index (χ0) is 24.9. The van der Waals surface area contributed by atoms with E-state index in [1.54, 1.807) is 6.07 Å². The van der Waals surface area contributed by atoms with Gasteiger partial charge in [0.2, 0.25) is 0 Å². The molecule has 0 spiro atoms. The molecule has 1 saturated carbocycles. The molecule has 3 rings (SSSR count). The summed E-state index contributed by atoms with van der Waals surface area (Å²) in [5.41, 5.74) is 2.96. The third kappa shape index (κ3) is 8.65. The van der Waals surface area contributed by atoms with Crippen LogP contribution in [-0.4, -0.2) is 6.10 Å². The van der Waals surface area contributed by atoms with Gasteiger partial charge in [-0.25, -0.2) is 4.39 Å². The number of benzene rings is 2. The molecule has 35 heavy (non-hydrogen) atoms. The monoisotopic (exact) mass is 480 g/mol. The van der Waals surface area contributed by atoms with Crippen LogP contribution in [0.5, 0.6) is 5.75 Å². The van der Waals surface area contributed by atoms with E-state index in [9.17, 15) is 0 Å². The van der Waals surface area contributed by atoms with Crippen molar-refractivity contribution in [1.82, 2.24) is 0 Å². The van der Waals surface area contributed by atoms with Gasteiger partial charge in [-0.3, -0.25) is 0 Å². The first-order chi connectivity index (χ1) is 17.2. The second kappa shape index (κ2) is 15.3. The Morgan fingerprint density at radius 1 is 0.800 bits per heavy atom. The maximum Gasteiger partial charge on any atom is 0.134 e. The van der Waals surface area contributed by atoms with E-state index in [2.05, 4.69) is 45.0 Å². The van der Waals surface area contributed by atoms with E-state index < -0.39 is 0 Å². The van der Waals surface area contributed by atoms with Gasteiger partial charge in [-0.2, -0.15) is 0 Å². The Hall–Kier alpha value is -1.83. The molecule has 1 unspecified atom stereocenters. The number of hydrogen-bond acceptors (Lipinski definition) is 1.